The van der Waals surface area contributed by atoms with E-state index < -0.39 is 5.91 Å². The third kappa shape index (κ3) is 3.69. The van der Waals surface area contributed by atoms with E-state index in [4.69, 9.17) is 10.5 Å². The molecule has 7 heteroatoms. The molecule has 0 spiro atoms. The summed E-state index contributed by atoms with van der Waals surface area (Å²) in [5, 5.41) is 0.747. The van der Waals surface area contributed by atoms with E-state index in [1.54, 1.807) is 29.4 Å². The number of hydrogen-bond donors (Lipinski definition) is 1. The number of ether oxygens (including phenoxy) is 1. The van der Waals surface area contributed by atoms with Gasteiger partial charge in [0, 0.05) is 34.7 Å². The van der Waals surface area contributed by atoms with Gasteiger partial charge in [-0.3, -0.25) is 9.59 Å². The first-order valence-electron chi connectivity index (χ1n) is 9.31. The predicted molar refractivity (Wildman–Crippen MR) is 116 cm³/mol. The van der Waals surface area contributed by atoms with Crippen molar-refractivity contribution in [3.8, 4) is 16.9 Å². The molecule has 0 aliphatic heterocycles. The molecule has 1 amide bonds. The number of nitrogens with zero attached hydrogens (tertiary/aromatic N) is 1. The first kappa shape index (κ1) is 19.1. The fourth-order valence-electron chi connectivity index (χ4n) is 3.16. The Morgan fingerprint density at radius 3 is 2.79 bits per heavy atom. The Bertz CT molecular complexity index is 1110. The number of hydrogen-bond acceptors (Lipinski definition) is 5. The Kier molecular flexibility index (Phi) is 5.21. The van der Waals surface area contributed by atoms with Crippen LogP contribution in [0.2, 0.25) is 0 Å². The topological polar surface area (TPSA) is 74.3 Å². The minimum absolute atomic E-state index is 0.129. The molecule has 2 N–H and O–H groups in total. The molecule has 1 aliphatic carbocycles. The second-order valence-electron chi connectivity index (χ2n) is 7.02. The summed E-state index contributed by atoms with van der Waals surface area (Å²) in [4.78, 5) is 25.8. The molecule has 28 heavy (non-hydrogen) atoms. The number of thioether (sulfide) groups is 1. The van der Waals surface area contributed by atoms with Crippen molar-refractivity contribution in [1.82, 2.24) is 4.57 Å². The quantitative estimate of drug-likeness (QED) is 0.586. The van der Waals surface area contributed by atoms with Crippen LogP contribution >= 0.6 is 23.1 Å². The molecule has 3 aromatic rings. The zero-order valence-electron chi connectivity index (χ0n) is 15.9. The number of carbonyl (C=O) groups excluding carboxylic acids is 1. The van der Waals surface area contributed by atoms with Gasteiger partial charge >= 0.3 is 0 Å². The molecule has 0 unspecified atom stereocenters. The SMILES string of the molecule is CCSc1ccc(OCC2CC2)c(-c2cn(C)c(=O)c3sc(C(N)=O)cc23)c1. The van der Waals surface area contributed by atoms with E-state index in [2.05, 4.69) is 19.1 Å². The number of thiophene rings is 1. The van der Waals surface area contributed by atoms with Crippen molar-refractivity contribution in [3.05, 3.63) is 45.7 Å². The molecular weight excluding hydrogens is 392 g/mol. The Balaban J connectivity index is 1.91. The van der Waals surface area contributed by atoms with E-state index in [0.717, 1.165) is 44.2 Å². The number of primary amides is 1. The fourth-order valence-corrected chi connectivity index (χ4v) is 4.87. The van der Waals surface area contributed by atoms with Crippen LogP contribution in [0.4, 0.5) is 0 Å². The molecule has 146 valence electrons. The van der Waals surface area contributed by atoms with Gasteiger partial charge in [0.15, 0.2) is 0 Å². The second-order valence-corrected chi connectivity index (χ2v) is 9.41. The standard InChI is InChI=1S/C21H22N2O3S2/c1-3-27-13-6-7-17(26-11-12-4-5-12)14(8-13)16-10-23(2)21(25)19-15(16)9-18(28-19)20(22)24/h6-10,12H,3-5,11H2,1-2H3,(H2,22,24). The summed E-state index contributed by atoms with van der Waals surface area (Å²) < 4.78 is 8.23. The van der Waals surface area contributed by atoms with E-state index in [-0.39, 0.29) is 5.56 Å². The molecule has 1 aromatic carbocycles. The van der Waals surface area contributed by atoms with Crippen LogP contribution in [0.3, 0.4) is 0 Å². The molecule has 5 nitrogen and oxygen atoms in total. The monoisotopic (exact) mass is 414 g/mol. The summed E-state index contributed by atoms with van der Waals surface area (Å²) in [5.74, 6) is 1.89. The van der Waals surface area contributed by atoms with E-state index >= 15 is 0 Å². The largest absolute Gasteiger partial charge is 0.493 e. The third-order valence-corrected chi connectivity index (χ3v) is 6.84. The minimum Gasteiger partial charge on any atom is -0.493 e. The smallest absolute Gasteiger partial charge is 0.268 e. The van der Waals surface area contributed by atoms with Crippen molar-refractivity contribution in [2.75, 3.05) is 12.4 Å². The lowest BCUT2D eigenvalue weighted by Gasteiger charge is -2.15. The lowest BCUT2D eigenvalue weighted by atomic mass is 10.0. The predicted octanol–water partition coefficient (Wildman–Crippen LogP) is 4.27. The number of aromatic nitrogens is 1. The number of pyridine rings is 1. The van der Waals surface area contributed by atoms with Crippen LogP contribution in [0.5, 0.6) is 5.75 Å². The lowest BCUT2D eigenvalue weighted by Crippen LogP contribution is -2.15. The van der Waals surface area contributed by atoms with Crippen LogP contribution in [0.1, 0.15) is 29.4 Å². The van der Waals surface area contributed by atoms with Crippen LogP contribution in [0.15, 0.2) is 40.2 Å². The van der Waals surface area contributed by atoms with Gasteiger partial charge in [0.1, 0.15) is 10.4 Å². The maximum Gasteiger partial charge on any atom is 0.268 e. The van der Waals surface area contributed by atoms with Crippen molar-refractivity contribution in [3.63, 3.8) is 0 Å². The van der Waals surface area contributed by atoms with E-state index in [0.29, 0.717) is 22.1 Å². The van der Waals surface area contributed by atoms with Crippen molar-refractivity contribution >= 4 is 39.1 Å². The molecule has 2 heterocycles. The number of carbonyl (C=O) groups is 1. The van der Waals surface area contributed by atoms with Gasteiger partial charge in [0.05, 0.1) is 11.5 Å². The van der Waals surface area contributed by atoms with E-state index in [1.165, 1.54) is 12.8 Å². The van der Waals surface area contributed by atoms with Crippen LogP contribution in [-0.4, -0.2) is 22.8 Å². The van der Waals surface area contributed by atoms with Gasteiger partial charge in [-0.15, -0.1) is 23.1 Å². The molecule has 0 radical (unpaired) electrons. The molecule has 1 fully saturated rings. The zero-order valence-corrected chi connectivity index (χ0v) is 17.5. The Hall–Kier alpha value is -2.25. The van der Waals surface area contributed by atoms with Gasteiger partial charge in [-0.2, -0.15) is 0 Å². The summed E-state index contributed by atoms with van der Waals surface area (Å²) in [6, 6.07) is 7.91. The average molecular weight is 415 g/mol. The summed E-state index contributed by atoms with van der Waals surface area (Å²) in [5.41, 5.74) is 7.16. The van der Waals surface area contributed by atoms with Crippen molar-refractivity contribution < 1.29 is 9.53 Å². The number of benzene rings is 1. The van der Waals surface area contributed by atoms with Crippen molar-refractivity contribution in [2.45, 2.75) is 24.7 Å². The van der Waals surface area contributed by atoms with Crippen molar-refractivity contribution in [1.29, 1.82) is 0 Å². The maximum absolute atomic E-state index is 12.6. The number of rotatable bonds is 7. The second kappa shape index (κ2) is 7.64. The lowest BCUT2D eigenvalue weighted by molar-refractivity contribution is 0.100. The van der Waals surface area contributed by atoms with Crippen LogP contribution in [0, 0.1) is 5.92 Å². The molecule has 2 aromatic heterocycles. The van der Waals surface area contributed by atoms with Gasteiger partial charge in [-0.1, -0.05) is 6.92 Å². The Morgan fingerprint density at radius 2 is 2.11 bits per heavy atom. The third-order valence-electron chi connectivity index (χ3n) is 4.83. The van der Waals surface area contributed by atoms with E-state index in [9.17, 15) is 9.59 Å². The molecule has 4 rings (SSSR count). The van der Waals surface area contributed by atoms with Crippen LogP contribution < -0.4 is 16.0 Å². The normalized spacial score (nSPS) is 13.8. The highest BCUT2D eigenvalue weighted by molar-refractivity contribution is 7.99. The zero-order chi connectivity index (χ0) is 19.8. The number of amides is 1. The summed E-state index contributed by atoms with van der Waals surface area (Å²) in [6.45, 7) is 2.82. The number of fused-ring (bicyclic) bond motifs is 1. The summed E-state index contributed by atoms with van der Waals surface area (Å²) in [6.07, 6.45) is 4.26. The van der Waals surface area contributed by atoms with E-state index in [1.807, 2.05) is 12.3 Å². The van der Waals surface area contributed by atoms with Gasteiger partial charge < -0.3 is 15.0 Å². The minimum atomic E-state index is -0.519. The first-order chi connectivity index (χ1) is 13.5. The Labute approximate surface area is 171 Å². The van der Waals surface area contributed by atoms with Gasteiger partial charge in [0.2, 0.25) is 0 Å². The Morgan fingerprint density at radius 1 is 1.32 bits per heavy atom. The molecule has 0 bridgehead atoms. The van der Waals surface area contributed by atoms with Gasteiger partial charge in [-0.05, 0) is 48.8 Å². The maximum atomic E-state index is 12.6. The fraction of sp³-hybridized carbons (Fsp3) is 0.333. The summed E-state index contributed by atoms with van der Waals surface area (Å²) >= 11 is 2.91. The molecular formula is C21H22N2O3S2. The summed E-state index contributed by atoms with van der Waals surface area (Å²) in [7, 11) is 1.73. The van der Waals surface area contributed by atoms with Gasteiger partial charge in [-0.25, -0.2) is 0 Å². The van der Waals surface area contributed by atoms with Gasteiger partial charge in [0.25, 0.3) is 11.5 Å². The number of nitrogens with two attached hydrogens (primary N) is 1. The number of aryl methyl sites for hydroxylation is 1. The van der Waals surface area contributed by atoms with Crippen LogP contribution in [-0.2, 0) is 7.05 Å². The highest BCUT2D eigenvalue weighted by Crippen LogP contribution is 2.40. The molecule has 0 saturated heterocycles. The first-order valence-corrected chi connectivity index (χ1v) is 11.1. The van der Waals surface area contributed by atoms with Crippen LogP contribution in [0.25, 0.3) is 21.2 Å². The highest BCUT2D eigenvalue weighted by Gasteiger charge is 2.23. The molecule has 0 atom stereocenters. The highest BCUT2D eigenvalue weighted by atomic mass is 32.2. The average Bonchev–Trinajstić information content (AvgIpc) is 3.39. The van der Waals surface area contributed by atoms with Crippen molar-refractivity contribution in [2.24, 2.45) is 18.7 Å². The molecule has 1 saturated carbocycles. The molecule has 1 aliphatic rings.